The minimum atomic E-state index is -0.262. The van der Waals surface area contributed by atoms with Gasteiger partial charge in [-0.05, 0) is 29.8 Å². The Morgan fingerprint density at radius 2 is 1.93 bits per heavy atom. The van der Waals surface area contributed by atoms with Crippen molar-refractivity contribution >= 4 is 28.6 Å². The predicted molar refractivity (Wildman–Crippen MR) is 109 cm³/mol. The Morgan fingerprint density at radius 1 is 1.18 bits per heavy atom. The van der Waals surface area contributed by atoms with Gasteiger partial charge in [0, 0.05) is 12.1 Å². The van der Waals surface area contributed by atoms with Crippen LogP contribution in [-0.2, 0) is 4.74 Å². The maximum absolute atomic E-state index is 12.5. The van der Waals surface area contributed by atoms with Crippen molar-refractivity contribution in [3.05, 3.63) is 81.7 Å². The van der Waals surface area contributed by atoms with Gasteiger partial charge in [-0.3, -0.25) is 9.78 Å². The number of nitrogens with zero attached hydrogens (tertiary/aromatic N) is 3. The molecule has 7 nitrogen and oxygen atoms in total. The average molecular weight is 396 g/mol. The Kier molecular flexibility index (Phi) is 5.10. The maximum Gasteiger partial charge on any atom is 0.263 e. The summed E-state index contributed by atoms with van der Waals surface area (Å²) < 4.78 is 6.97. The van der Waals surface area contributed by atoms with Crippen LogP contribution in [0.15, 0.2) is 65.6 Å². The highest BCUT2D eigenvalue weighted by atomic mass is 35.5. The third kappa shape index (κ3) is 3.62. The summed E-state index contributed by atoms with van der Waals surface area (Å²) in [6.45, 7) is 0.390. The molecule has 0 unspecified atom stereocenters. The van der Waals surface area contributed by atoms with Crippen LogP contribution in [0.1, 0.15) is 11.6 Å². The van der Waals surface area contributed by atoms with Gasteiger partial charge in [0.1, 0.15) is 5.39 Å². The van der Waals surface area contributed by atoms with Crippen molar-refractivity contribution in [1.29, 1.82) is 0 Å². The van der Waals surface area contributed by atoms with Gasteiger partial charge in [-0.25, -0.2) is 4.68 Å². The average Bonchev–Trinajstić information content (AvgIpc) is 3.13. The quantitative estimate of drug-likeness (QED) is 0.521. The molecule has 0 aliphatic rings. The molecule has 2 N–H and O–H groups in total. The molecule has 8 heteroatoms. The third-order valence-corrected chi connectivity index (χ3v) is 4.61. The molecule has 2 heterocycles. The van der Waals surface area contributed by atoms with E-state index in [0.29, 0.717) is 28.6 Å². The minimum absolute atomic E-state index is 0.212. The number of nitrogens with one attached hydrogen (secondary N) is 2. The van der Waals surface area contributed by atoms with Crippen molar-refractivity contribution in [2.45, 2.75) is 6.04 Å². The molecule has 0 spiro atoms. The SMILES string of the molecule is COC[C@@H](Nc1nc2c(cnn2-c2ccccc2)c(=O)[nH]1)c1ccc(Cl)cc1. The Morgan fingerprint density at radius 3 is 2.64 bits per heavy atom. The van der Waals surface area contributed by atoms with Gasteiger partial charge in [-0.1, -0.05) is 41.9 Å². The Hall–Kier alpha value is -3.16. The highest BCUT2D eigenvalue weighted by molar-refractivity contribution is 6.30. The Bertz CT molecular complexity index is 1140. The largest absolute Gasteiger partial charge is 0.382 e. The van der Waals surface area contributed by atoms with Gasteiger partial charge in [0.15, 0.2) is 5.65 Å². The van der Waals surface area contributed by atoms with E-state index in [2.05, 4.69) is 20.4 Å². The monoisotopic (exact) mass is 395 g/mol. The topological polar surface area (TPSA) is 84.8 Å². The van der Waals surface area contributed by atoms with Crippen LogP contribution in [0.25, 0.3) is 16.7 Å². The highest BCUT2D eigenvalue weighted by Crippen LogP contribution is 2.21. The first-order valence-corrected chi connectivity index (χ1v) is 9.08. The van der Waals surface area contributed by atoms with Gasteiger partial charge in [0.25, 0.3) is 5.56 Å². The van der Waals surface area contributed by atoms with E-state index in [1.807, 2.05) is 54.6 Å². The van der Waals surface area contributed by atoms with Crippen LogP contribution in [0.3, 0.4) is 0 Å². The van der Waals surface area contributed by atoms with Crippen LogP contribution in [-0.4, -0.2) is 33.5 Å². The number of hydrogen-bond donors (Lipinski definition) is 2. The molecule has 0 saturated heterocycles. The molecule has 0 saturated carbocycles. The molecule has 0 amide bonds. The van der Waals surface area contributed by atoms with E-state index in [-0.39, 0.29) is 11.6 Å². The van der Waals surface area contributed by atoms with Gasteiger partial charge in [-0.2, -0.15) is 10.1 Å². The lowest BCUT2D eigenvalue weighted by Gasteiger charge is -2.19. The second-order valence-electron chi connectivity index (χ2n) is 6.25. The summed E-state index contributed by atoms with van der Waals surface area (Å²) in [5.41, 5.74) is 2.00. The van der Waals surface area contributed by atoms with Gasteiger partial charge in [0.05, 0.1) is 24.5 Å². The number of hydrogen-bond acceptors (Lipinski definition) is 5. The van der Waals surface area contributed by atoms with Crippen molar-refractivity contribution in [3.63, 3.8) is 0 Å². The summed E-state index contributed by atoms with van der Waals surface area (Å²) in [5, 5.41) is 8.63. The van der Waals surface area contributed by atoms with Crippen molar-refractivity contribution in [2.24, 2.45) is 0 Å². The summed E-state index contributed by atoms with van der Waals surface area (Å²) >= 11 is 5.98. The number of aromatic nitrogens is 4. The Labute approximate surface area is 165 Å². The summed E-state index contributed by atoms with van der Waals surface area (Å²) in [5.74, 6) is 0.340. The predicted octanol–water partition coefficient (Wildman–Crippen LogP) is 3.56. The zero-order chi connectivity index (χ0) is 19.5. The number of anilines is 1. The molecule has 0 aliphatic carbocycles. The maximum atomic E-state index is 12.5. The number of aromatic amines is 1. The summed E-state index contributed by atoms with van der Waals surface area (Å²) in [4.78, 5) is 19.9. The highest BCUT2D eigenvalue weighted by Gasteiger charge is 2.16. The molecule has 1 atom stereocenters. The number of rotatable bonds is 6. The van der Waals surface area contributed by atoms with Crippen LogP contribution in [0, 0.1) is 0 Å². The molecule has 28 heavy (non-hydrogen) atoms. The summed E-state index contributed by atoms with van der Waals surface area (Å²) in [6, 6.07) is 16.8. The van der Waals surface area contributed by atoms with E-state index >= 15 is 0 Å². The molecule has 0 radical (unpaired) electrons. The fourth-order valence-corrected chi connectivity index (χ4v) is 3.12. The first-order chi connectivity index (χ1) is 13.7. The molecule has 2 aromatic heterocycles. The normalized spacial score (nSPS) is 12.2. The smallest absolute Gasteiger partial charge is 0.263 e. The number of H-pyrrole nitrogens is 1. The van der Waals surface area contributed by atoms with E-state index in [0.717, 1.165) is 11.3 Å². The van der Waals surface area contributed by atoms with Crippen molar-refractivity contribution in [3.8, 4) is 5.69 Å². The number of fused-ring (bicyclic) bond motifs is 1. The third-order valence-electron chi connectivity index (χ3n) is 4.36. The lowest BCUT2D eigenvalue weighted by molar-refractivity contribution is 0.186. The number of methoxy groups -OCH3 is 1. The lowest BCUT2D eigenvalue weighted by atomic mass is 10.1. The zero-order valence-corrected chi connectivity index (χ0v) is 15.8. The molecule has 142 valence electrons. The first kappa shape index (κ1) is 18.2. The van der Waals surface area contributed by atoms with Gasteiger partial charge >= 0.3 is 0 Å². The van der Waals surface area contributed by atoms with Gasteiger partial charge < -0.3 is 10.1 Å². The Balaban J connectivity index is 1.73. The van der Waals surface area contributed by atoms with E-state index in [1.54, 1.807) is 11.8 Å². The van der Waals surface area contributed by atoms with E-state index in [4.69, 9.17) is 16.3 Å². The molecular formula is C20H18ClN5O2. The molecule has 2 aromatic carbocycles. The lowest BCUT2D eigenvalue weighted by Crippen LogP contribution is -2.20. The van der Waals surface area contributed by atoms with Gasteiger partial charge in [0.2, 0.25) is 5.95 Å². The van der Waals surface area contributed by atoms with Crippen LogP contribution in [0.4, 0.5) is 5.95 Å². The van der Waals surface area contributed by atoms with Crippen LogP contribution < -0.4 is 10.9 Å². The zero-order valence-electron chi connectivity index (χ0n) is 15.1. The number of para-hydroxylation sites is 1. The van der Waals surface area contributed by atoms with Crippen molar-refractivity contribution in [1.82, 2.24) is 19.7 Å². The fraction of sp³-hybridized carbons (Fsp3) is 0.150. The van der Waals surface area contributed by atoms with Crippen LogP contribution in [0.2, 0.25) is 5.02 Å². The number of benzene rings is 2. The van der Waals surface area contributed by atoms with E-state index < -0.39 is 0 Å². The van der Waals surface area contributed by atoms with E-state index in [9.17, 15) is 4.79 Å². The van der Waals surface area contributed by atoms with Crippen LogP contribution in [0.5, 0.6) is 0 Å². The van der Waals surface area contributed by atoms with Crippen LogP contribution >= 0.6 is 11.6 Å². The number of ether oxygens (including phenoxy) is 1. The minimum Gasteiger partial charge on any atom is -0.382 e. The number of halogens is 1. The molecular weight excluding hydrogens is 378 g/mol. The summed E-state index contributed by atoms with van der Waals surface area (Å²) in [6.07, 6.45) is 1.52. The first-order valence-electron chi connectivity index (χ1n) is 8.70. The summed E-state index contributed by atoms with van der Waals surface area (Å²) in [7, 11) is 1.62. The van der Waals surface area contributed by atoms with Crippen molar-refractivity contribution in [2.75, 3.05) is 19.0 Å². The molecule has 0 bridgehead atoms. The van der Waals surface area contributed by atoms with Crippen molar-refractivity contribution < 1.29 is 4.74 Å². The van der Waals surface area contributed by atoms with Gasteiger partial charge in [-0.15, -0.1) is 0 Å². The molecule has 4 aromatic rings. The molecule has 4 rings (SSSR count). The second kappa shape index (κ2) is 7.84. The molecule has 0 aliphatic heterocycles. The fourth-order valence-electron chi connectivity index (χ4n) is 2.99. The second-order valence-corrected chi connectivity index (χ2v) is 6.68. The molecule has 0 fully saturated rings. The standard InChI is InChI=1S/C20H18ClN5O2/c1-28-12-17(13-7-9-14(21)10-8-13)23-20-24-18-16(19(27)25-20)11-22-26(18)15-5-3-2-4-6-15/h2-11,17H,12H2,1H3,(H2,23,24,25,27)/t17-/m1/s1. The van der Waals surface area contributed by atoms with E-state index in [1.165, 1.54) is 6.20 Å².